The van der Waals surface area contributed by atoms with Crippen LogP contribution < -0.4 is 5.73 Å². The third-order valence-electron chi connectivity index (χ3n) is 2.13. The molecule has 0 unspecified atom stereocenters. The Bertz CT molecular complexity index is 397. The molecule has 2 nitrogen and oxygen atoms in total. The van der Waals surface area contributed by atoms with Crippen molar-refractivity contribution in [1.82, 2.24) is 0 Å². The smallest absolute Gasteiger partial charge is 0.0607 e. The van der Waals surface area contributed by atoms with Crippen LogP contribution in [-0.4, -0.2) is 6.21 Å². The van der Waals surface area contributed by atoms with Gasteiger partial charge < -0.3 is 5.73 Å². The molecular formula is C13H16N2. The number of nitrogens with zero attached hydrogens (tertiary/aromatic N) is 1. The number of benzene rings is 1. The number of allylic oxidation sites excluding steroid dienone is 2. The van der Waals surface area contributed by atoms with Crippen molar-refractivity contribution in [3.63, 3.8) is 0 Å². The minimum atomic E-state index is 0.702. The summed E-state index contributed by atoms with van der Waals surface area (Å²) >= 11 is 0. The van der Waals surface area contributed by atoms with Crippen molar-refractivity contribution >= 4 is 11.9 Å². The second kappa shape index (κ2) is 5.15. The number of hydrogen-bond acceptors (Lipinski definition) is 2. The van der Waals surface area contributed by atoms with E-state index in [1.807, 2.05) is 38.1 Å². The van der Waals surface area contributed by atoms with Gasteiger partial charge in [0.1, 0.15) is 0 Å². The van der Waals surface area contributed by atoms with Crippen molar-refractivity contribution in [1.29, 1.82) is 0 Å². The maximum atomic E-state index is 5.96. The van der Waals surface area contributed by atoms with Crippen LogP contribution >= 0.6 is 0 Å². The molecule has 0 amide bonds. The predicted octanol–water partition coefficient (Wildman–Crippen LogP) is 2.90. The molecular weight excluding hydrogens is 184 g/mol. The van der Waals surface area contributed by atoms with E-state index < -0.39 is 0 Å². The normalized spacial score (nSPS) is 12.7. The zero-order valence-electron chi connectivity index (χ0n) is 9.20. The Morgan fingerprint density at radius 1 is 1.33 bits per heavy atom. The monoisotopic (exact) mass is 200 g/mol. The number of hydrogen-bond donors (Lipinski definition) is 1. The van der Waals surface area contributed by atoms with Crippen molar-refractivity contribution in [2.45, 2.75) is 13.8 Å². The molecule has 0 aliphatic heterocycles. The Kier molecular flexibility index (Phi) is 3.86. The summed E-state index contributed by atoms with van der Waals surface area (Å²) < 4.78 is 0. The Morgan fingerprint density at radius 3 is 2.47 bits per heavy atom. The zero-order chi connectivity index (χ0) is 11.3. The SMILES string of the molecule is C=C/C=N\C(C)=C(/N)c1ccc(C)cc1. The van der Waals surface area contributed by atoms with Gasteiger partial charge in [0.2, 0.25) is 0 Å². The van der Waals surface area contributed by atoms with Gasteiger partial charge in [-0.3, -0.25) is 4.99 Å². The molecule has 0 radical (unpaired) electrons. The Labute approximate surface area is 90.8 Å². The number of aliphatic imine (C=N–C) groups is 1. The van der Waals surface area contributed by atoms with E-state index in [4.69, 9.17) is 5.73 Å². The summed E-state index contributed by atoms with van der Waals surface area (Å²) in [5.74, 6) is 0. The van der Waals surface area contributed by atoms with Gasteiger partial charge in [0.25, 0.3) is 0 Å². The Hall–Kier alpha value is -1.83. The second-order valence-electron chi connectivity index (χ2n) is 3.38. The van der Waals surface area contributed by atoms with Crippen molar-refractivity contribution < 1.29 is 0 Å². The lowest BCUT2D eigenvalue weighted by Crippen LogP contribution is -1.99. The second-order valence-corrected chi connectivity index (χ2v) is 3.38. The van der Waals surface area contributed by atoms with Gasteiger partial charge in [0.15, 0.2) is 0 Å². The molecule has 2 N–H and O–H groups in total. The first-order chi connectivity index (χ1) is 7.15. The van der Waals surface area contributed by atoms with Gasteiger partial charge in [-0.1, -0.05) is 42.5 Å². The average molecular weight is 200 g/mol. The molecule has 0 saturated heterocycles. The van der Waals surface area contributed by atoms with Crippen molar-refractivity contribution in [3.05, 3.63) is 53.7 Å². The predicted molar refractivity (Wildman–Crippen MR) is 66.6 cm³/mol. The topological polar surface area (TPSA) is 38.4 Å². The lowest BCUT2D eigenvalue weighted by molar-refractivity contribution is 1.28. The van der Waals surface area contributed by atoms with Gasteiger partial charge in [-0.25, -0.2) is 0 Å². The van der Waals surface area contributed by atoms with Gasteiger partial charge in [-0.15, -0.1) is 0 Å². The van der Waals surface area contributed by atoms with Crippen molar-refractivity contribution in [3.8, 4) is 0 Å². The summed E-state index contributed by atoms with van der Waals surface area (Å²) in [5, 5.41) is 0. The summed E-state index contributed by atoms with van der Waals surface area (Å²) in [6, 6.07) is 8.06. The molecule has 1 aromatic rings. The van der Waals surface area contributed by atoms with Gasteiger partial charge in [0, 0.05) is 6.21 Å². The van der Waals surface area contributed by atoms with E-state index in [2.05, 4.69) is 11.6 Å². The van der Waals surface area contributed by atoms with Crippen LogP contribution in [0.4, 0.5) is 0 Å². The first-order valence-electron chi connectivity index (χ1n) is 4.83. The van der Waals surface area contributed by atoms with Crippen LogP contribution in [0.2, 0.25) is 0 Å². The van der Waals surface area contributed by atoms with E-state index >= 15 is 0 Å². The lowest BCUT2D eigenvalue weighted by atomic mass is 10.1. The maximum Gasteiger partial charge on any atom is 0.0607 e. The van der Waals surface area contributed by atoms with E-state index in [0.29, 0.717) is 5.70 Å². The number of nitrogens with two attached hydrogens (primary N) is 1. The summed E-state index contributed by atoms with van der Waals surface area (Å²) in [5.41, 5.74) is 9.69. The molecule has 0 spiro atoms. The van der Waals surface area contributed by atoms with E-state index in [9.17, 15) is 0 Å². The highest BCUT2D eigenvalue weighted by Crippen LogP contribution is 2.14. The fourth-order valence-corrected chi connectivity index (χ4v) is 1.18. The fourth-order valence-electron chi connectivity index (χ4n) is 1.18. The minimum Gasteiger partial charge on any atom is -0.397 e. The molecule has 0 bridgehead atoms. The lowest BCUT2D eigenvalue weighted by Gasteiger charge is -2.04. The maximum absolute atomic E-state index is 5.96. The van der Waals surface area contributed by atoms with Crippen LogP contribution in [0.5, 0.6) is 0 Å². The fraction of sp³-hybridized carbons (Fsp3) is 0.154. The van der Waals surface area contributed by atoms with Crippen LogP contribution in [0.15, 0.2) is 47.6 Å². The van der Waals surface area contributed by atoms with Crippen molar-refractivity contribution in [2.24, 2.45) is 10.7 Å². The van der Waals surface area contributed by atoms with Gasteiger partial charge in [0.05, 0.1) is 11.4 Å². The van der Waals surface area contributed by atoms with Crippen LogP contribution in [0.25, 0.3) is 5.70 Å². The molecule has 1 rings (SSSR count). The molecule has 0 aliphatic rings. The van der Waals surface area contributed by atoms with E-state index in [0.717, 1.165) is 11.3 Å². The standard InChI is InChI=1S/C13H16N2/c1-4-9-15-11(3)13(14)12-7-5-10(2)6-8-12/h4-9H,1,14H2,2-3H3/b13-11-,15-9-. The molecule has 0 heterocycles. The first kappa shape index (κ1) is 11.2. The summed E-state index contributed by atoms with van der Waals surface area (Å²) in [4.78, 5) is 4.15. The Morgan fingerprint density at radius 2 is 1.93 bits per heavy atom. The van der Waals surface area contributed by atoms with Crippen LogP contribution in [0, 0.1) is 6.92 Å². The number of aryl methyl sites for hydroxylation is 1. The highest BCUT2D eigenvalue weighted by molar-refractivity contribution is 5.74. The minimum absolute atomic E-state index is 0.702. The van der Waals surface area contributed by atoms with E-state index in [1.165, 1.54) is 5.56 Å². The third kappa shape index (κ3) is 3.09. The molecule has 0 fully saturated rings. The zero-order valence-corrected chi connectivity index (χ0v) is 9.20. The average Bonchev–Trinajstić information content (AvgIpc) is 2.26. The quantitative estimate of drug-likeness (QED) is 0.748. The van der Waals surface area contributed by atoms with Gasteiger partial charge in [-0.2, -0.15) is 0 Å². The largest absolute Gasteiger partial charge is 0.397 e. The molecule has 0 atom stereocenters. The van der Waals surface area contributed by atoms with Crippen LogP contribution in [0.1, 0.15) is 18.1 Å². The first-order valence-corrected chi connectivity index (χ1v) is 4.83. The van der Waals surface area contributed by atoms with E-state index in [-0.39, 0.29) is 0 Å². The Balaban J connectivity index is 3.01. The molecule has 1 aromatic carbocycles. The third-order valence-corrected chi connectivity index (χ3v) is 2.13. The molecule has 0 aromatic heterocycles. The number of rotatable bonds is 3. The van der Waals surface area contributed by atoms with Gasteiger partial charge >= 0.3 is 0 Å². The highest BCUT2D eigenvalue weighted by Gasteiger charge is 1.99. The van der Waals surface area contributed by atoms with Crippen LogP contribution in [0.3, 0.4) is 0 Å². The van der Waals surface area contributed by atoms with E-state index in [1.54, 1.807) is 12.3 Å². The van der Waals surface area contributed by atoms with Gasteiger partial charge in [-0.05, 0) is 19.4 Å². The summed E-state index contributed by atoms with van der Waals surface area (Å²) in [6.07, 6.45) is 3.27. The molecule has 78 valence electrons. The van der Waals surface area contributed by atoms with Crippen LogP contribution in [-0.2, 0) is 0 Å². The summed E-state index contributed by atoms with van der Waals surface area (Å²) in [7, 11) is 0. The molecule has 0 saturated carbocycles. The van der Waals surface area contributed by atoms with Crippen molar-refractivity contribution in [2.75, 3.05) is 0 Å². The summed E-state index contributed by atoms with van der Waals surface area (Å²) in [6.45, 7) is 7.50. The molecule has 2 heteroatoms. The molecule has 15 heavy (non-hydrogen) atoms. The molecule has 0 aliphatic carbocycles. The highest BCUT2D eigenvalue weighted by atomic mass is 14.8.